The monoisotopic (exact) mass is 524 g/mol. The first kappa shape index (κ1) is 25.8. The molecule has 180 valence electrons. The van der Waals surface area contributed by atoms with E-state index in [4.69, 9.17) is 39.5 Å². The van der Waals surface area contributed by atoms with E-state index in [2.05, 4.69) is 4.98 Å². The second-order valence-corrected chi connectivity index (χ2v) is 8.58. The number of hydrogen-bond donors (Lipinski definition) is 1. The maximum absolute atomic E-state index is 13.3. The Morgan fingerprint density at radius 3 is 2.35 bits per heavy atom. The van der Waals surface area contributed by atoms with Crippen LogP contribution in [0.5, 0.6) is 11.8 Å². The Hall–Kier alpha value is -2.78. The molecule has 0 amide bonds. The van der Waals surface area contributed by atoms with Gasteiger partial charge in [-0.3, -0.25) is 18.5 Å². The molecule has 0 saturated heterocycles. The van der Waals surface area contributed by atoms with E-state index >= 15 is 0 Å². The van der Waals surface area contributed by atoms with Crippen molar-refractivity contribution >= 4 is 46.0 Å². The van der Waals surface area contributed by atoms with Crippen molar-refractivity contribution in [2.45, 2.75) is 26.9 Å². The number of ether oxygens (including phenoxy) is 1. The van der Waals surface area contributed by atoms with Crippen LogP contribution in [0.15, 0.2) is 52.1 Å². The first-order chi connectivity index (χ1) is 15.8. The molecule has 4 rings (SSSR count). The number of aromatic nitrogens is 4. The molecule has 0 unspecified atom stereocenters. The molecule has 0 bridgehead atoms. The van der Waals surface area contributed by atoms with Gasteiger partial charge in [-0.25, -0.2) is 4.79 Å². The molecule has 0 aliphatic rings. The van der Waals surface area contributed by atoms with Crippen LogP contribution in [0.4, 0.5) is 0 Å². The van der Waals surface area contributed by atoms with Gasteiger partial charge in [0.15, 0.2) is 11.2 Å². The summed E-state index contributed by atoms with van der Waals surface area (Å²) in [4.78, 5) is 30.6. The van der Waals surface area contributed by atoms with E-state index in [0.29, 0.717) is 20.8 Å². The smallest absolute Gasteiger partial charge is 0.332 e. The Bertz CT molecular complexity index is 1440. The van der Waals surface area contributed by atoms with E-state index in [0.717, 1.165) is 10.1 Å². The van der Waals surface area contributed by atoms with Gasteiger partial charge in [-0.05, 0) is 36.2 Å². The van der Waals surface area contributed by atoms with Crippen LogP contribution in [0.2, 0.25) is 15.1 Å². The van der Waals surface area contributed by atoms with Gasteiger partial charge < -0.3 is 9.84 Å². The van der Waals surface area contributed by atoms with E-state index in [1.165, 1.54) is 17.7 Å². The van der Waals surface area contributed by atoms with Crippen LogP contribution in [-0.2, 0) is 20.1 Å². The van der Waals surface area contributed by atoms with E-state index in [-0.39, 0.29) is 50.7 Å². The SMILES string of the molecule is C.Cn1c(=O)n(CCCO)c(=O)c2c1nc(Oc1ccc(Cl)c(Cl)c1)n2Cc1ccc(Cl)cc1. The summed E-state index contributed by atoms with van der Waals surface area (Å²) in [6, 6.07) is 12.0. The molecule has 2 aromatic carbocycles. The Kier molecular flexibility index (Phi) is 8.09. The van der Waals surface area contributed by atoms with Crippen molar-refractivity contribution in [3.05, 3.63) is 83.9 Å². The van der Waals surface area contributed by atoms with Crippen LogP contribution in [0.1, 0.15) is 19.4 Å². The van der Waals surface area contributed by atoms with Crippen molar-refractivity contribution < 1.29 is 9.84 Å². The summed E-state index contributed by atoms with van der Waals surface area (Å²) in [6.45, 7) is 0.161. The topological polar surface area (TPSA) is 91.3 Å². The molecular formula is C23H23Cl3N4O4. The molecule has 1 N–H and O–H groups in total. The molecule has 0 aliphatic heterocycles. The van der Waals surface area contributed by atoms with E-state index in [1.807, 2.05) is 12.1 Å². The van der Waals surface area contributed by atoms with Crippen LogP contribution >= 0.6 is 34.8 Å². The van der Waals surface area contributed by atoms with Gasteiger partial charge in [0.05, 0.1) is 16.6 Å². The normalized spacial score (nSPS) is 11.0. The van der Waals surface area contributed by atoms with Gasteiger partial charge in [-0.2, -0.15) is 4.98 Å². The molecule has 0 saturated carbocycles. The van der Waals surface area contributed by atoms with Crippen LogP contribution in [0.25, 0.3) is 11.2 Å². The number of hydrogen-bond acceptors (Lipinski definition) is 5. The van der Waals surface area contributed by atoms with E-state index in [9.17, 15) is 14.7 Å². The first-order valence-electron chi connectivity index (χ1n) is 9.98. The molecule has 0 atom stereocenters. The summed E-state index contributed by atoms with van der Waals surface area (Å²) in [5.74, 6) is 0.364. The fourth-order valence-corrected chi connectivity index (χ4v) is 3.83. The van der Waals surface area contributed by atoms with Crippen molar-refractivity contribution in [2.75, 3.05) is 6.61 Å². The highest BCUT2D eigenvalue weighted by atomic mass is 35.5. The number of aliphatic hydroxyl groups excluding tert-OH is 1. The molecule has 2 aromatic heterocycles. The lowest BCUT2D eigenvalue weighted by Gasteiger charge is -2.11. The van der Waals surface area contributed by atoms with Gasteiger partial charge in [0.25, 0.3) is 5.56 Å². The number of aryl methyl sites for hydroxylation is 1. The summed E-state index contributed by atoms with van der Waals surface area (Å²) in [6.07, 6.45) is 0.263. The minimum Gasteiger partial charge on any atom is -0.425 e. The average molecular weight is 526 g/mol. The maximum Gasteiger partial charge on any atom is 0.332 e. The first-order valence-corrected chi connectivity index (χ1v) is 11.1. The zero-order chi connectivity index (χ0) is 23.7. The Labute approximate surface area is 210 Å². The summed E-state index contributed by atoms with van der Waals surface area (Å²) in [5.41, 5.74) is 0.160. The molecule has 0 fully saturated rings. The van der Waals surface area contributed by atoms with Crippen LogP contribution in [0, 0.1) is 0 Å². The Morgan fingerprint density at radius 1 is 1.00 bits per heavy atom. The fourth-order valence-electron chi connectivity index (χ4n) is 3.42. The molecule has 4 aromatic rings. The predicted molar refractivity (Wildman–Crippen MR) is 135 cm³/mol. The predicted octanol–water partition coefficient (Wildman–Crippen LogP) is 4.72. The highest BCUT2D eigenvalue weighted by Gasteiger charge is 2.22. The molecular weight excluding hydrogens is 503 g/mol. The lowest BCUT2D eigenvalue weighted by molar-refractivity contribution is 0.277. The highest BCUT2D eigenvalue weighted by molar-refractivity contribution is 6.42. The van der Waals surface area contributed by atoms with Crippen molar-refractivity contribution in [1.82, 2.24) is 18.7 Å². The van der Waals surface area contributed by atoms with Crippen molar-refractivity contribution in [1.29, 1.82) is 0 Å². The summed E-state index contributed by atoms with van der Waals surface area (Å²) in [5, 5.41) is 10.4. The minimum atomic E-state index is -0.529. The third-order valence-corrected chi connectivity index (χ3v) is 6.08. The number of rotatable bonds is 7. The fraction of sp³-hybridized carbons (Fsp3) is 0.261. The quantitative estimate of drug-likeness (QED) is 0.377. The molecule has 0 radical (unpaired) electrons. The zero-order valence-corrected chi connectivity index (χ0v) is 19.7. The van der Waals surface area contributed by atoms with Gasteiger partial charge in [0, 0.05) is 31.3 Å². The second-order valence-electron chi connectivity index (χ2n) is 7.33. The van der Waals surface area contributed by atoms with Crippen molar-refractivity contribution in [3.63, 3.8) is 0 Å². The molecule has 34 heavy (non-hydrogen) atoms. The third kappa shape index (κ3) is 5.00. The van der Waals surface area contributed by atoms with Crippen LogP contribution < -0.4 is 16.0 Å². The van der Waals surface area contributed by atoms with Crippen LogP contribution in [-0.4, -0.2) is 30.4 Å². The van der Waals surface area contributed by atoms with Crippen molar-refractivity contribution in [3.8, 4) is 11.8 Å². The molecule has 2 heterocycles. The molecule has 0 aliphatic carbocycles. The van der Waals surface area contributed by atoms with Crippen LogP contribution in [0.3, 0.4) is 0 Å². The number of nitrogens with zero attached hydrogens (tertiary/aromatic N) is 4. The second kappa shape index (κ2) is 10.7. The third-order valence-electron chi connectivity index (χ3n) is 5.09. The Morgan fingerprint density at radius 2 is 1.71 bits per heavy atom. The van der Waals surface area contributed by atoms with Gasteiger partial charge >= 0.3 is 11.7 Å². The van der Waals surface area contributed by atoms with Gasteiger partial charge in [0.1, 0.15) is 5.75 Å². The Balaban J connectivity index is 0.00000324. The average Bonchev–Trinajstić information content (AvgIpc) is 3.14. The standard InChI is InChI=1S/C22H19Cl3N4O4.CH4/c1-27-19-18(20(31)28(22(27)32)9-2-10-30)29(12-13-3-5-14(23)6-4-13)21(26-19)33-15-7-8-16(24)17(25)11-15;/h3-8,11,30H,2,9-10,12H2,1H3;1H4. The lowest BCUT2D eigenvalue weighted by atomic mass is 10.2. The maximum atomic E-state index is 13.3. The summed E-state index contributed by atoms with van der Waals surface area (Å²) >= 11 is 18.1. The lowest BCUT2D eigenvalue weighted by Crippen LogP contribution is -2.39. The van der Waals surface area contributed by atoms with Crippen molar-refractivity contribution in [2.24, 2.45) is 7.05 Å². The molecule has 8 nitrogen and oxygen atoms in total. The molecule has 0 spiro atoms. The number of benzene rings is 2. The van der Waals surface area contributed by atoms with Gasteiger partial charge in [0.2, 0.25) is 0 Å². The van der Waals surface area contributed by atoms with Gasteiger partial charge in [-0.1, -0.05) is 54.4 Å². The summed E-state index contributed by atoms with van der Waals surface area (Å²) in [7, 11) is 1.53. The molecule has 11 heteroatoms. The highest BCUT2D eigenvalue weighted by Crippen LogP contribution is 2.30. The number of fused-ring (bicyclic) bond motifs is 1. The largest absolute Gasteiger partial charge is 0.425 e. The number of halogens is 3. The summed E-state index contributed by atoms with van der Waals surface area (Å²) < 4.78 is 9.94. The zero-order valence-electron chi connectivity index (χ0n) is 17.5. The van der Waals surface area contributed by atoms with E-state index < -0.39 is 11.2 Å². The minimum absolute atomic E-state index is 0. The number of aliphatic hydroxyl groups is 1. The number of imidazole rings is 1. The van der Waals surface area contributed by atoms with Gasteiger partial charge in [-0.15, -0.1) is 0 Å². The van der Waals surface area contributed by atoms with E-state index in [1.54, 1.807) is 28.8 Å².